The Labute approximate surface area is 173 Å². The molecule has 0 heterocycles. The number of ether oxygens (including phenoxy) is 3. The molecule has 6 nitrogen and oxygen atoms in total. The number of carbonyl (C=O) groups excluding carboxylic acids is 3. The molecule has 6 heteroatoms. The third-order valence-electron chi connectivity index (χ3n) is 8.18. The predicted molar refractivity (Wildman–Crippen MR) is 107 cm³/mol. The number of fused-ring (bicyclic) bond motifs is 3. The molecule has 0 amide bonds. The van der Waals surface area contributed by atoms with Crippen LogP contribution in [0, 0.1) is 28.1 Å². The van der Waals surface area contributed by atoms with Crippen LogP contribution in [-0.2, 0) is 23.8 Å². The van der Waals surface area contributed by atoms with E-state index in [0.29, 0.717) is 30.8 Å². The fourth-order valence-electron chi connectivity index (χ4n) is 6.87. The third kappa shape index (κ3) is 3.59. The Hall–Kier alpha value is -1.85. The van der Waals surface area contributed by atoms with E-state index in [9.17, 15) is 14.4 Å². The minimum Gasteiger partial charge on any atom is -0.466 e. The minimum atomic E-state index is -0.817. The van der Waals surface area contributed by atoms with Gasteiger partial charge in [-0.25, -0.2) is 9.59 Å². The number of hydrogen-bond donors (Lipinski definition) is 0. The van der Waals surface area contributed by atoms with E-state index < -0.39 is 17.5 Å². The molecule has 0 aromatic rings. The van der Waals surface area contributed by atoms with Crippen molar-refractivity contribution in [2.45, 2.75) is 65.7 Å². The summed E-state index contributed by atoms with van der Waals surface area (Å²) in [6, 6.07) is 0. The third-order valence-corrected chi connectivity index (χ3v) is 8.18. The van der Waals surface area contributed by atoms with E-state index >= 15 is 0 Å². The second-order valence-corrected chi connectivity index (χ2v) is 9.95. The van der Waals surface area contributed by atoms with E-state index in [1.54, 1.807) is 0 Å². The standard InChI is InChI=1S/C23H34O6/c1-21(2)10-6-11-22(3)16(21)9-12-23(14-29-20(26)28-5)17(22)8-7-15(13-18(23)24)19(25)27-4/h13,16-17H,6-12,14H2,1-5H3/t16?,17?,22-,23-/m0/s1. The average molecular weight is 407 g/mol. The molecule has 4 atom stereocenters. The van der Waals surface area contributed by atoms with Gasteiger partial charge in [0.2, 0.25) is 0 Å². The van der Waals surface area contributed by atoms with Crippen LogP contribution in [0.15, 0.2) is 11.6 Å². The zero-order chi connectivity index (χ0) is 21.4. The summed E-state index contributed by atoms with van der Waals surface area (Å²) >= 11 is 0. The Kier molecular flexibility index (Phi) is 5.85. The van der Waals surface area contributed by atoms with Gasteiger partial charge in [-0.15, -0.1) is 0 Å². The van der Waals surface area contributed by atoms with E-state index in [4.69, 9.17) is 9.47 Å². The number of ketones is 1. The maximum atomic E-state index is 13.6. The first-order valence-corrected chi connectivity index (χ1v) is 10.6. The number of allylic oxidation sites excluding steroid dienone is 1. The lowest BCUT2D eigenvalue weighted by Gasteiger charge is -2.62. The van der Waals surface area contributed by atoms with Gasteiger partial charge in [0.15, 0.2) is 5.78 Å². The summed E-state index contributed by atoms with van der Waals surface area (Å²) in [4.78, 5) is 37.5. The monoisotopic (exact) mass is 406 g/mol. The van der Waals surface area contributed by atoms with E-state index in [1.165, 1.54) is 26.7 Å². The number of rotatable bonds is 3. The molecule has 0 bridgehead atoms. The van der Waals surface area contributed by atoms with Gasteiger partial charge in [-0.3, -0.25) is 4.79 Å². The highest BCUT2D eigenvalue weighted by molar-refractivity contribution is 6.03. The average Bonchev–Trinajstić information content (AvgIpc) is 2.82. The lowest BCUT2D eigenvalue weighted by Crippen LogP contribution is -2.59. The molecule has 162 valence electrons. The van der Waals surface area contributed by atoms with E-state index in [0.717, 1.165) is 19.3 Å². The quantitative estimate of drug-likeness (QED) is 0.644. The van der Waals surface area contributed by atoms with Gasteiger partial charge in [0, 0.05) is 5.57 Å². The van der Waals surface area contributed by atoms with Gasteiger partial charge in [0.25, 0.3) is 0 Å². The van der Waals surface area contributed by atoms with Crippen molar-refractivity contribution in [3.8, 4) is 0 Å². The maximum absolute atomic E-state index is 13.6. The molecule has 2 fully saturated rings. The topological polar surface area (TPSA) is 78.9 Å². The summed E-state index contributed by atoms with van der Waals surface area (Å²) in [5, 5.41) is 0. The van der Waals surface area contributed by atoms with Crippen LogP contribution in [0.25, 0.3) is 0 Å². The fraction of sp³-hybridized carbons (Fsp3) is 0.783. The summed E-state index contributed by atoms with van der Waals surface area (Å²) in [7, 11) is 2.60. The summed E-state index contributed by atoms with van der Waals surface area (Å²) in [6.07, 6.45) is 6.81. The van der Waals surface area contributed by atoms with Crippen molar-refractivity contribution < 1.29 is 28.6 Å². The van der Waals surface area contributed by atoms with Crippen molar-refractivity contribution in [2.24, 2.45) is 28.1 Å². The molecule has 0 aromatic heterocycles. The van der Waals surface area contributed by atoms with Crippen LogP contribution in [0.1, 0.15) is 65.7 Å². The highest BCUT2D eigenvalue weighted by atomic mass is 16.7. The SMILES string of the molecule is COC(=O)OC[C@@]12CCC3C(C)(C)CCC[C@]3(C)C1CCC(C(=O)OC)=CC2=O. The first kappa shape index (κ1) is 21.8. The van der Waals surface area contributed by atoms with Crippen LogP contribution < -0.4 is 0 Å². The van der Waals surface area contributed by atoms with E-state index in [1.807, 2.05) is 0 Å². The zero-order valence-corrected chi connectivity index (χ0v) is 18.3. The van der Waals surface area contributed by atoms with Gasteiger partial charge in [-0.05, 0) is 67.3 Å². The molecule has 3 aliphatic rings. The molecule has 0 spiro atoms. The first-order chi connectivity index (χ1) is 13.6. The van der Waals surface area contributed by atoms with Crippen LogP contribution in [-0.4, -0.2) is 38.7 Å². The van der Waals surface area contributed by atoms with Crippen molar-refractivity contribution in [2.75, 3.05) is 20.8 Å². The normalized spacial score (nSPS) is 36.0. The Bertz CT molecular complexity index is 723. The second-order valence-electron chi connectivity index (χ2n) is 9.95. The van der Waals surface area contributed by atoms with Gasteiger partial charge in [-0.2, -0.15) is 0 Å². The van der Waals surface area contributed by atoms with Crippen molar-refractivity contribution >= 4 is 17.9 Å². The first-order valence-electron chi connectivity index (χ1n) is 10.6. The lowest BCUT2D eigenvalue weighted by molar-refractivity contribution is -0.166. The van der Waals surface area contributed by atoms with Crippen LogP contribution in [0.5, 0.6) is 0 Å². The smallest absolute Gasteiger partial charge is 0.466 e. The minimum absolute atomic E-state index is 0.00311. The van der Waals surface area contributed by atoms with Crippen LogP contribution in [0.4, 0.5) is 4.79 Å². The highest BCUT2D eigenvalue weighted by Gasteiger charge is 2.62. The molecule has 0 saturated heterocycles. The Balaban J connectivity index is 2.05. The summed E-state index contributed by atoms with van der Waals surface area (Å²) in [6.45, 7) is 6.98. The molecule has 0 N–H and O–H groups in total. The molecular formula is C23H34O6. The Morgan fingerprint density at radius 1 is 1.03 bits per heavy atom. The van der Waals surface area contributed by atoms with Gasteiger partial charge in [0.1, 0.15) is 6.61 Å². The van der Waals surface area contributed by atoms with Crippen LogP contribution >= 0.6 is 0 Å². The van der Waals surface area contributed by atoms with Crippen LogP contribution in [0.2, 0.25) is 0 Å². The molecule has 3 rings (SSSR count). The molecule has 29 heavy (non-hydrogen) atoms. The molecule has 3 aliphatic carbocycles. The van der Waals surface area contributed by atoms with E-state index in [2.05, 4.69) is 25.5 Å². The Morgan fingerprint density at radius 2 is 1.76 bits per heavy atom. The largest absolute Gasteiger partial charge is 0.508 e. The van der Waals surface area contributed by atoms with Crippen molar-refractivity contribution in [3.05, 3.63) is 11.6 Å². The highest BCUT2D eigenvalue weighted by Crippen LogP contribution is 2.66. The zero-order valence-electron chi connectivity index (χ0n) is 18.3. The predicted octanol–water partition coefficient (Wildman–Crippen LogP) is 4.46. The molecular weight excluding hydrogens is 372 g/mol. The second kappa shape index (κ2) is 7.77. The van der Waals surface area contributed by atoms with Gasteiger partial charge in [-0.1, -0.05) is 27.2 Å². The van der Waals surface area contributed by atoms with Crippen molar-refractivity contribution in [1.82, 2.24) is 0 Å². The number of hydrogen-bond acceptors (Lipinski definition) is 6. The maximum Gasteiger partial charge on any atom is 0.508 e. The summed E-state index contributed by atoms with van der Waals surface area (Å²) < 4.78 is 14.9. The fourth-order valence-corrected chi connectivity index (χ4v) is 6.87. The molecule has 2 unspecified atom stereocenters. The van der Waals surface area contributed by atoms with Crippen molar-refractivity contribution in [1.29, 1.82) is 0 Å². The Morgan fingerprint density at radius 3 is 2.41 bits per heavy atom. The van der Waals surface area contributed by atoms with Crippen molar-refractivity contribution in [3.63, 3.8) is 0 Å². The number of carbonyl (C=O) groups is 3. The summed E-state index contributed by atoms with van der Waals surface area (Å²) in [5.74, 6) is -0.0459. The number of methoxy groups -OCH3 is 2. The van der Waals surface area contributed by atoms with Gasteiger partial charge in [0.05, 0.1) is 19.6 Å². The molecule has 2 saturated carbocycles. The van der Waals surface area contributed by atoms with E-state index in [-0.39, 0.29) is 29.1 Å². The molecule has 0 radical (unpaired) electrons. The van der Waals surface area contributed by atoms with Crippen LogP contribution in [0.3, 0.4) is 0 Å². The van der Waals surface area contributed by atoms with Gasteiger partial charge >= 0.3 is 12.1 Å². The summed E-state index contributed by atoms with van der Waals surface area (Å²) in [5.41, 5.74) is -0.243. The lowest BCUT2D eigenvalue weighted by atomic mass is 9.42. The molecule has 0 aromatic carbocycles. The molecule has 0 aliphatic heterocycles. The van der Waals surface area contributed by atoms with Gasteiger partial charge < -0.3 is 14.2 Å². The number of esters is 1.